The Labute approximate surface area is 117 Å². The number of thiazole rings is 1. The Bertz CT molecular complexity index is 470. The number of nitrogens with zero attached hydrogens (tertiary/aromatic N) is 2. The van der Waals surface area contributed by atoms with E-state index in [1.54, 1.807) is 20.9 Å². The smallest absolute Gasteiger partial charge is 0.350 e. The molecule has 0 radical (unpaired) electrons. The molecule has 1 rings (SSSR count). The molecule has 1 amide bonds. The maximum Gasteiger partial charge on any atom is 0.350 e. The fraction of sp³-hybridized carbons (Fsp3) is 0.615. The van der Waals surface area contributed by atoms with E-state index in [1.807, 2.05) is 13.8 Å². The first kappa shape index (κ1) is 15.6. The maximum atomic E-state index is 12.1. The number of rotatable bonds is 5. The van der Waals surface area contributed by atoms with E-state index < -0.39 is 0 Å². The van der Waals surface area contributed by atoms with E-state index in [1.165, 1.54) is 16.2 Å². The average Bonchev–Trinajstić information content (AvgIpc) is 2.78. The number of hydrogen-bond donors (Lipinski definition) is 0. The Morgan fingerprint density at radius 2 is 2.05 bits per heavy atom. The number of carbonyl (C=O) groups is 2. The molecule has 1 aromatic rings. The van der Waals surface area contributed by atoms with Gasteiger partial charge in [-0.2, -0.15) is 0 Å². The number of esters is 1. The van der Waals surface area contributed by atoms with Crippen LogP contribution in [0, 0.1) is 12.8 Å². The van der Waals surface area contributed by atoms with Crippen molar-refractivity contribution >= 4 is 28.3 Å². The third-order valence-electron chi connectivity index (χ3n) is 2.90. The molecule has 6 heteroatoms. The zero-order chi connectivity index (χ0) is 14.6. The van der Waals surface area contributed by atoms with Gasteiger partial charge in [0.1, 0.15) is 4.88 Å². The summed E-state index contributed by atoms with van der Waals surface area (Å²) in [5, 5.41) is 0.533. The third-order valence-corrected chi connectivity index (χ3v) is 4.11. The molecular weight excluding hydrogens is 264 g/mol. The van der Waals surface area contributed by atoms with E-state index in [4.69, 9.17) is 4.74 Å². The first-order valence-electron chi connectivity index (χ1n) is 6.34. The molecule has 0 saturated carbocycles. The molecule has 106 valence electrons. The molecule has 1 heterocycles. The van der Waals surface area contributed by atoms with Gasteiger partial charge in [-0.1, -0.05) is 25.2 Å². The number of amides is 1. The van der Waals surface area contributed by atoms with Crippen LogP contribution in [0.1, 0.15) is 42.6 Å². The van der Waals surface area contributed by atoms with Crippen LogP contribution in [0.15, 0.2) is 0 Å². The molecule has 19 heavy (non-hydrogen) atoms. The van der Waals surface area contributed by atoms with Crippen LogP contribution >= 0.6 is 11.3 Å². The first-order chi connectivity index (χ1) is 8.92. The van der Waals surface area contributed by atoms with Crippen molar-refractivity contribution in [2.75, 3.05) is 18.6 Å². The lowest BCUT2D eigenvalue weighted by atomic mass is 10.1. The summed E-state index contributed by atoms with van der Waals surface area (Å²) in [5.41, 5.74) is 0.599. The van der Waals surface area contributed by atoms with Gasteiger partial charge in [0.2, 0.25) is 5.91 Å². The fourth-order valence-electron chi connectivity index (χ4n) is 1.51. The zero-order valence-electron chi connectivity index (χ0n) is 12.0. The molecule has 0 aromatic carbocycles. The van der Waals surface area contributed by atoms with Gasteiger partial charge >= 0.3 is 5.97 Å². The van der Waals surface area contributed by atoms with Crippen molar-refractivity contribution in [2.45, 2.75) is 34.1 Å². The highest BCUT2D eigenvalue weighted by Crippen LogP contribution is 2.27. The molecule has 0 aliphatic carbocycles. The number of hydrogen-bond acceptors (Lipinski definition) is 5. The van der Waals surface area contributed by atoms with Crippen LogP contribution in [0.5, 0.6) is 0 Å². The van der Waals surface area contributed by atoms with Crippen LogP contribution in [0.3, 0.4) is 0 Å². The van der Waals surface area contributed by atoms with Gasteiger partial charge in [-0.25, -0.2) is 9.78 Å². The van der Waals surface area contributed by atoms with Crippen molar-refractivity contribution in [3.8, 4) is 0 Å². The Balaban J connectivity index is 2.94. The van der Waals surface area contributed by atoms with E-state index in [9.17, 15) is 9.59 Å². The molecule has 1 atom stereocenters. The van der Waals surface area contributed by atoms with Crippen LogP contribution < -0.4 is 4.90 Å². The van der Waals surface area contributed by atoms with Gasteiger partial charge in [-0.15, -0.1) is 0 Å². The quantitative estimate of drug-likeness (QED) is 0.780. The standard InChI is InChI=1S/C13H20N2O3S/c1-6-8(3)11(16)15(5)13-14-9(4)10(19-13)12(17)18-7-2/h8H,6-7H2,1-5H3/t8-/m0/s1. The van der Waals surface area contributed by atoms with Crippen LogP contribution in [0.2, 0.25) is 0 Å². The molecule has 0 aliphatic rings. The summed E-state index contributed by atoms with van der Waals surface area (Å²) >= 11 is 1.19. The monoisotopic (exact) mass is 284 g/mol. The Morgan fingerprint density at radius 3 is 2.58 bits per heavy atom. The minimum atomic E-state index is -0.381. The lowest BCUT2D eigenvalue weighted by molar-refractivity contribution is -0.121. The molecule has 1 aromatic heterocycles. The predicted octanol–water partition coefficient (Wildman–Crippen LogP) is 2.64. The molecule has 0 spiro atoms. The van der Waals surface area contributed by atoms with E-state index in [2.05, 4.69) is 4.98 Å². The minimum absolute atomic E-state index is 0.00617. The van der Waals surface area contributed by atoms with Crippen LogP contribution in [-0.2, 0) is 9.53 Å². The van der Waals surface area contributed by atoms with Crippen LogP contribution in [-0.4, -0.2) is 30.5 Å². The highest BCUT2D eigenvalue weighted by molar-refractivity contribution is 7.17. The summed E-state index contributed by atoms with van der Waals surface area (Å²) in [6.45, 7) is 7.67. The largest absolute Gasteiger partial charge is 0.462 e. The second-order valence-corrected chi connectivity index (χ2v) is 5.32. The topological polar surface area (TPSA) is 59.5 Å². The molecule has 0 fully saturated rings. The van der Waals surface area contributed by atoms with E-state index >= 15 is 0 Å². The zero-order valence-corrected chi connectivity index (χ0v) is 12.8. The molecule has 0 bridgehead atoms. The van der Waals surface area contributed by atoms with Crippen LogP contribution in [0.4, 0.5) is 5.13 Å². The van der Waals surface area contributed by atoms with E-state index in [0.717, 1.165) is 6.42 Å². The summed E-state index contributed by atoms with van der Waals surface area (Å²) in [4.78, 5) is 30.0. The molecule has 0 N–H and O–H groups in total. The summed E-state index contributed by atoms with van der Waals surface area (Å²) < 4.78 is 4.96. The Kier molecular flexibility index (Phi) is 5.47. The highest BCUT2D eigenvalue weighted by atomic mass is 32.1. The number of aromatic nitrogens is 1. The summed E-state index contributed by atoms with van der Waals surface area (Å²) in [6.07, 6.45) is 0.776. The van der Waals surface area contributed by atoms with Crippen molar-refractivity contribution in [3.63, 3.8) is 0 Å². The molecular formula is C13H20N2O3S. The SMILES string of the molecule is CCOC(=O)c1sc(N(C)C(=O)[C@@H](C)CC)nc1C. The second-order valence-electron chi connectivity index (χ2n) is 4.34. The van der Waals surface area contributed by atoms with Gasteiger partial charge in [0.15, 0.2) is 5.13 Å². The molecule has 0 saturated heterocycles. The molecule has 0 aliphatic heterocycles. The van der Waals surface area contributed by atoms with Crippen molar-refractivity contribution in [1.29, 1.82) is 0 Å². The lowest BCUT2D eigenvalue weighted by Gasteiger charge is -2.17. The van der Waals surface area contributed by atoms with Crippen molar-refractivity contribution in [1.82, 2.24) is 4.98 Å². The van der Waals surface area contributed by atoms with E-state index in [0.29, 0.717) is 22.3 Å². The molecule has 5 nitrogen and oxygen atoms in total. The van der Waals surface area contributed by atoms with Crippen molar-refractivity contribution in [3.05, 3.63) is 10.6 Å². The van der Waals surface area contributed by atoms with Crippen molar-refractivity contribution in [2.24, 2.45) is 5.92 Å². The van der Waals surface area contributed by atoms with Gasteiger partial charge in [0.25, 0.3) is 0 Å². The Hall–Kier alpha value is -1.43. The second kappa shape index (κ2) is 6.65. The minimum Gasteiger partial charge on any atom is -0.462 e. The summed E-state index contributed by atoms with van der Waals surface area (Å²) in [7, 11) is 1.68. The number of ether oxygens (including phenoxy) is 1. The van der Waals surface area contributed by atoms with Gasteiger partial charge in [-0.05, 0) is 20.3 Å². The number of carbonyl (C=O) groups excluding carboxylic acids is 2. The molecule has 0 unspecified atom stereocenters. The number of aryl methyl sites for hydroxylation is 1. The normalized spacial score (nSPS) is 12.1. The summed E-state index contributed by atoms with van der Waals surface area (Å²) in [5.74, 6) is -0.431. The van der Waals surface area contributed by atoms with Crippen molar-refractivity contribution < 1.29 is 14.3 Å². The highest BCUT2D eigenvalue weighted by Gasteiger charge is 2.23. The maximum absolute atomic E-state index is 12.1. The first-order valence-corrected chi connectivity index (χ1v) is 7.16. The Morgan fingerprint density at radius 1 is 1.42 bits per heavy atom. The van der Waals surface area contributed by atoms with E-state index in [-0.39, 0.29) is 17.8 Å². The fourth-order valence-corrected chi connectivity index (χ4v) is 2.44. The van der Waals surface area contributed by atoms with Gasteiger partial charge in [0, 0.05) is 13.0 Å². The third kappa shape index (κ3) is 3.53. The lowest BCUT2D eigenvalue weighted by Crippen LogP contribution is -2.31. The number of anilines is 1. The average molecular weight is 284 g/mol. The predicted molar refractivity (Wildman–Crippen MR) is 75.7 cm³/mol. The van der Waals surface area contributed by atoms with Crippen LogP contribution in [0.25, 0.3) is 0 Å². The van der Waals surface area contributed by atoms with Gasteiger partial charge in [-0.3, -0.25) is 9.69 Å². The van der Waals surface area contributed by atoms with Gasteiger partial charge in [0.05, 0.1) is 12.3 Å². The summed E-state index contributed by atoms with van der Waals surface area (Å²) in [6, 6.07) is 0. The van der Waals surface area contributed by atoms with Gasteiger partial charge < -0.3 is 4.74 Å².